The van der Waals surface area contributed by atoms with Gasteiger partial charge < -0.3 is 4.90 Å². The van der Waals surface area contributed by atoms with Gasteiger partial charge in [0.1, 0.15) is 5.78 Å². The van der Waals surface area contributed by atoms with E-state index in [-0.39, 0.29) is 23.9 Å². The summed E-state index contributed by atoms with van der Waals surface area (Å²) in [5.74, 6) is -0.260. The zero-order chi connectivity index (χ0) is 13.6. The first-order valence-electron chi connectivity index (χ1n) is 6.20. The van der Waals surface area contributed by atoms with Crippen LogP contribution in [0.2, 0.25) is 0 Å². The maximum Gasteiger partial charge on any atom is 0.255 e. The van der Waals surface area contributed by atoms with E-state index in [1.54, 1.807) is 11.0 Å². The topological polar surface area (TPSA) is 54.5 Å². The minimum absolute atomic E-state index is 0.0217. The lowest BCUT2D eigenvalue weighted by molar-refractivity contribution is -0.133. The van der Waals surface area contributed by atoms with Crippen molar-refractivity contribution in [1.29, 1.82) is 0 Å². The summed E-state index contributed by atoms with van der Waals surface area (Å²) >= 11 is 3.43. The van der Waals surface area contributed by atoms with Crippen LogP contribution < -0.4 is 0 Å². The van der Waals surface area contributed by atoms with Gasteiger partial charge in [0.05, 0.1) is 12.5 Å². The van der Waals surface area contributed by atoms with Crippen molar-refractivity contribution in [2.45, 2.75) is 31.8 Å². The Kier molecular flexibility index (Phi) is 3.01. The highest BCUT2D eigenvalue weighted by molar-refractivity contribution is 9.10. The van der Waals surface area contributed by atoms with Gasteiger partial charge >= 0.3 is 0 Å². The van der Waals surface area contributed by atoms with Crippen molar-refractivity contribution in [3.05, 3.63) is 33.8 Å². The minimum atomic E-state index is -0.440. The molecular formula is C14H12BrNO3. The van der Waals surface area contributed by atoms with E-state index in [0.29, 0.717) is 24.9 Å². The summed E-state index contributed by atoms with van der Waals surface area (Å²) in [6, 6.07) is 5.05. The second-order valence-electron chi connectivity index (χ2n) is 4.94. The van der Waals surface area contributed by atoms with Gasteiger partial charge in [0, 0.05) is 23.0 Å². The quantitative estimate of drug-likeness (QED) is 0.744. The van der Waals surface area contributed by atoms with Gasteiger partial charge in [-0.25, -0.2) is 0 Å². The van der Waals surface area contributed by atoms with E-state index < -0.39 is 6.04 Å². The molecule has 0 N–H and O–H groups in total. The normalized spacial score (nSPS) is 22.9. The molecule has 19 heavy (non-hydrogen) atoms. The number of rotatable bonds is 1. The molecule has 98 valence electrons. The number of halogens is 1. The lowest BCUT2D eigenvalue weighted by Crippen LogP contribution is -2.44. The molecule has 1 heterocycles. The molecule has 0 radical (unpaired) electrons. The van der Waals surface area contributed by atoms with Gasteiger partial charge in [-0.2, -0.15) is 0 Å². The first-order valence-corrected chi connectivity index (χ1v) is 7.00. The van der Waals surface area contributed by atoms with E-state index in [1.165, 1.54) is 0 Å². The van der Waals surface area contributed by atoms with Gasteiger partial charge in [0.2, 0.25) is 0 Å². The standard InChI is InChI=1S/C14H12BrNO3/c15-11-3-1-2-9-10(11)7-16(14(9)19)12-5-4-8(17)6-13(12)18/h1-3,12H,4-7H2. The van der Waals surface area contributed by atoms with E-state index >= 15 is 0 Å². The van der Waals surface area contributed by atoms with Gasteiger partial charge in [0.15, 0.2) is 5.78 Å². The van der Waals surface area contributed by atoms with Crippen molar-refractivity contribution in [2.75, 3.05) is 0 Å². The maximum absolute atomic E-state index is 12.3. The third-order valence-electron chi connectivity index (χ3n) is 3.75. The highest BCUT2D eigenvalue weighted by Gasteiger charge is 2.39. The Bertz CT molecular complexity index is 596. The van der Waals surface area contributed by atoms with Crippen LogP contribution in [0.25, 0.3) is 0 Å². The molecule has 0 saturated heterocycles. The molecule has 1 aliphatic heterocycles. The second kappa shape index (κ2) is 4.56. The highest BCUT2D eigenvalue weighted by atomic mass is 79.9. The molecule has 1 amide bonds. The Morgan fingerprint density at radius 1 is 1.21 bits per heavy atom. The van der Waals surface area contributed by atoms with Crippen LogP contribution in [0, 0.1) is 0 Å². The number of benzene rings is 1. The summed E-state index contributed by atoms with van der Waals surface area (Å²) in [6.07, 6.45) is 0.804. The first-order chi connectivity index (χ1) is 9.08. The number of ketones is 2. The summed E-state index contributed by atoms with van der Waals surface area (Å²) in [6.45, 7) is 0.445. The second-order valence-corrected chi connectivity index (χ2v) is 5.79. The average molecular weight is 322 g/mol. The molecular weight excluding hydrogens is 310 g/mol. The SMILES string of the molecule is O=C1CCC(N2Cc3c(Br)cccc3C2=O)C(=O)C1. The number of nitrogens with zero attached hydrogens (tertiary/aromatic N) is 1. The fraction of sp³-hybridized carbons (Fsp3) is 0.357. The van der Waals surface area contributed by atoms with E-state index in [1.807, 2.05) is 12.1 Å². The zero-order valence-corrected chi connectivity index (χ0v) is 11.8. The fourth-order valence-corrected chi connectivity index (χ4v) is 3.25. The molecule has 1 fully saturated rings. The van der Waals surface area contributed by atoms with Crippen LogP contribution >= 0.6 is 15.9 Å². The van der Waals surface area contributed by atoms with E-state index in [9.17, 15) is 14.4 Å². The Morgan fingerprint density at radius 2 is 2.00 bits per heavy atom. The molecule has 4 nitrogen and oxygen atoms in total. The summed E-state index contributed by atoms with van der Waals surface area (Å²) in [7, 11) is 0. The molecule has 1 unspecified atom stereocenters. The van der Waals surface area contributed by atoms with Crippen molar-refractivity contribution in [3.63, 3.8) is 0 Å². The molecule has 1 aromatic carbocycles. The smallest absolute Gasteiger partial charge is 0.255 e. The van der Waals surface area contributed by atoms with E-state index in [4.69, 9.17) is 0 Å². The number of Topliss-reactive ketones (excluding diaryl/α,β-unsaturated/α-hetero) is 2. The van der Waals surface area contributed by atoms with Crippen molar-refractivity contribution in [2.24, 2.45) is 0 Å². The fourth-order valence-electron chi connectivity index (χ4n) is 2.76. The lowest BCUT2D eigenvalue weighted by Gasteiger charge is -2.29. The molecule has 3 rings (SSSR count). The van der Waals surface area contributed by atoms with Crippen molar-refractivity contribution in [1.82, 2.24) is 4.90 Å². The summed E-state index contributed by atoms with van der Waals surface area (Å²) in [5, 5.41) is 0. The van der Waals surface area contributed by atoms with Gasteiger partial charge in [-0.1, -0.05) is 22.0 Å². The van der Waals surface area contributed by atoms with Gasteiger partial charge in [-0.3, -0.25) is 14.4 Å². The number of carbonyl (C=O) groups excluding carboxylic acids is 3. The molecule has 0 spiro atoms. The Morgan fingerprint density at radius 3 is 2.68 bits per heavy atom. The van der Waals surface area contributed by atoms with Crippen LogP contribution in [0.1, 0.15) is 35.2 Å². The average Bonchev–Trinajstić information content (AvgIpc) is 2.69. The molecule has 1 aromatic rings. The van der Waals surface area contributed by atoms with Crippen molar-refractivity contribution in [3.8, 4) is 0 Å². The van der Waals surface area contributed by atoms with E-state index in [0.717, 1.165) is 10.0 Å². The maximum atomic E-state index is 12.3. The Labute approximate surface area is 118 Å². The predicted molar refractivity (Wildman–Crippen MR) is 71.7 cm³/mol. The van der Waals surface area contributed by atoms with Crippen LogP contribution in [0.3, 0.4) is 0 Å². The predicted octanol–water partition coefficient (Wildman–Crippen LogP) is 2.10. The number of amides is 1. The number of hydrogen-bond acceptors (Lipinski definition) is 3. The van der Waals surface area contributed by atoms with Crippen LogP contribution in [0.4, 0.5) is 0 Å². The van der Waals surface area contributed by atoms with Crippen molar-refractivity contribution >= 4 is 33.4 Å². The van der Waals surface area contributed by atoms with Gasteiger partial charge in [-0.05, 0) is 24.1 Å². The van der Waals surface area contributed by atoms with Crippen LogP contribution in [-0.4, -0.2) is 28.4 Å². The lowest BCUT2D eigenvalue weighted by atomic mass is 9.92. The molecule has 0 aromatic heterocycles. The monoisotopic (exact) mass is 321 g/mol. The Balaban J connectivity index is 1.90. The van der Waals surface area contributed by atoms with E-state index in [2.05, 4.69) is 15.9 Å². The highest BCUT2D eigenvalue weighted by Crippen LogP contribution is 2.32. The summed E-state index contributed by atoms with van der Waals surface area (Å²) in [5.41, 5.74) is 1.58. The summed E-state index contributed by atoms with van der Waals surface area (Å²) < 4.78 is 0.889. The third-order valence-corrected chi connectivity index (χ3v) is 4.50. The Hall–Kier alpha value is -1.49. The third kappa shape index (κ3) is 2.02. The largest absolute Gasteiger partial charge is 0.324 e. The molecule has 5 heteroatoms. The van der Waals surface area contributed by atoms with Gasteiger partial charge in [-0.15, -0.1) is 0 Å². The number of carbonyl (C=O) groups is 3. The minimum Gasteiger partial charge on any atom is -0.324 e. The number of fused-ring (bicyclic) bond motifs is 1. The zero-order valence-electron chi connectivity index (χ0n) is 10.2. The van der Waals surface area contributed by atoms with Crippen LogP contribution in [-0.2, 0) is 16.1 Å². The first kappa shape index (κ1) is 12.5. The molecule has 1 aliphatic carbocycles. The summed E-state index contributed by atoms with van der Waals surface area (Å²) in [4.78, 5) is 37.1. The number of hydrogen-bond donors (Lipinski definition) is 0. The molecule has 0 bridgehead atoms. The van der Waals surface area contributed by atoms with Crippen LogP contribution in [0.5, 0.6) is 0 Å². The van der Waals surface area contributed by atoms with Gasteiger partial charge in [0.25, 0.3) is 5.91 Å². The van der Waals surface area contributed by atoms with Crippen LogP contribution in [0.15, 0.2) is 22.7 Å². The molecule has 1 saturated carbocycles. The van der Waals surface area contributed by atoms with Crippen molar-refractivity contribution < 1.29 is 14.4 Å². The molecule has 1 atom stereocenters. The molecule has 2 aliphatic rings.